The van der Waals surface area contributed by atoms with Gasteiger partial charge in [-0.15, -0.1) is 0 Å². The Morgan fingerprint density at radius 3 is 2.54 bits per heavy atom. The summed E-state index contributed by atoms with van der Waals surface area (Å²) >= 11 is 0. The normalized spacial score (nSPS) is 18.0. The second-order valence-electron chi connectivity index (χ2n) is 12.8. The fraction of sp³-hybridized carbons (Fsp3) is 0.389. The lowest BCUT2D eigenvalue weighted by atomic mass is 10.0. The SMILES string of the molecule is COC(=O)Cc1cccc(-c2ccc3cc(-c4nc5cc(C(=O)N6C[C@H](N)C[C@@H](F)C6)cc(OC)c5n4C)n(CC4CC4)c3n2)c1OC. The molecular formula is C36H39FN6O5. The van der Waals surface area contributed by atoms with E-state index in [1.165, 1.54) is 12.0 Å². The summed E-state index contributed by atoms with van der Waals surface area (Å²) in [5.41, 5.74) is 11.7. The summed E-state index contributed by atoms with van der Waals surface area (Å²) in [6, 6.07) is 14.8. The third-order valence-corrected chi connectivity index (χ3v) is 9.37. The summed E-state index contributed by atoms with van der Waals surface area (Å²) in [5.74, 6) is 1.67. The number of rotatable bonds is 9. The molecule has 0 bridgehead atoms. The molecule has 0 unspecified atom stereocenters. The van der Waals surface area contributed by atoms with Gasteiger partial charge < -0.3 is 34.0 Å². The minimum atomic E-state index is -1.16. The van der Waals surface area contributed by atoms with Crippen LogP contribution in [0, 0.1) is 5.92 Å². The summed E-state index contributed by atoms with van der Waals surface area (Å²) in [5, 5.41) is 0.955. The number of imidazole rings is 1. The molecule has 4 heterocycles. The lowest BCUT2D eigenvalue weighted by Crippen LogP contribution is -2.50. The van der Waals surface area contributed by atoms with Crippen LogP contribution in [0.25, 0.3) is 44.8 Å². The third-order valence-electron chi connectivity index (χ3n) is 9.37. The Morgan fingerprint density at radius 1 is 1.02 bits per heavy atom. The van der Waals surface area contributed by atoms with Crippen LogP contribution in [0.2, 0.25) is 0 Å². The summed E-state index contributed by atoms with van der Waals surface area (Å²) in [6.45, 7) is 1.08. The molecule has 2 aromatic carbocycles. The van der Waals surface area contributed by atoms with Crippen LogP contribution in [-0.4, -0.2) is 82.5 Å². The molecule has 5 aromatic rings. The van der Waals surface area contributed by atoms with Gasteiger partial charge in [-0.3, -0.25) is 9.59 Å². The van der Waals surface area contributed by atoms with Crippen molar-refractivity contribution >= 4 is 33.9 Å². The summed E-state index contributed by atoms with van der Waals surface area (Å²) in [4.78, 5) is 37.3. The van der Waals surface area contributed by atoms with Gasteiger partial charge in [0.2, 0.25) is 0 Å². The summed E-state index contributed by atoms with van der Waals surface area (Å²) in [6.07, 6.45) is 1.46. The number of esters is 1. The number of pyridine rings is 1. The van der Waals surface area contributed by atoms with Gasteiger partial charge in [-0.1, -0.05) is 12.1 Å². The molecule has 7 rings (SSSR count). The number of aryl methyl sites for hydroxylation is 1. The van der Waals surface area contributed by atoms with Gasteiger partial charge in [-0.2, -0.15) is 0 Å². The van der Waals surface area contributed by atoms with Crippen LogP contribution in [-0.2, 0) is 29.5 Å². The predicted octanol–water partition coefficient (Wildman–Crippen LogP) is 4.91. The Kier molecular flexibility index (Phi) is 8.28. The van der Waals surface area contributed by atoms with Gasteiger partial charge in [-0.25, -0.2) is 14.4 Å². The van der Waals surface area contributed by atoms with E-state index in [0.29, 0.717) is 40.9 Å². The van der Waals surface area contributed by atoms with Crippen molar-refractivity contribution in [3.63, 3.8) is 0 Å². The number of halogens is 1. The van der Waals surface area contributed by atoms with Crippen molar-refractivity contribution < 1.29 is 28.2 Å². The fourth-order valence-corrected chi connectivity index (χ4v) is 6.84. The van der Waals surface area contributed by atoms with E-state index in [1.807, 2.05) is 41.9 Å². The lowest BCUT2D eigenvalue weighted by molar-refractivity contribution is -0.139. The van der Waals surface area contributed by atoms with Crippen LogP contribution in [0.3, 0.4) is 0 Å². The zero-order valence-electron chi connectivity index (χ0n) is 27.5. The van der Waals surface area contributed by atoms with Crippen molar-refractivity contribution in [3.8, 4) is 34.3 Å². The molecule has 1 aliphatic heterocycles. The number of ether oxygens (including phenoxy) is 3. The minimum Gasteiger partial charge on any atom is -0.496 e. The minimum absolute atomic E-state index is 0.0120. The van der Waals surface area contributed by atoms with Crippen molar-refractivity contribution in [2.75, 3.05) is 34.4 Å². The van der Waals surface area contributed by atoms with Crippen molar-refractivity contribution in [2.45, 2.75) is 44.4 Å². The number of methoxy groups -OCH3 is 3. The second-order valence-corrected chi connectivity index (χ2v) is 12.8. The number of benzene rings is 2. The standard InChI is InChI=1S/C36H39FN6O5/c1-41-32-28(12-23(14-30(32)46-2)36(45)42-18-24(37)16-25(38)19-42)40-35(41)29-13-22-10-11-27(39-34(22)43(29)17-20-8-9-20)26-7-5-6-21(33(26)48-4)15-31(44)47-3/h5-7,10-14,20,24-25H,8-9,15-19,38H2,1-4H3/t24-,25-/m1/s1. The van der Waals surface area contributed by atoms with Gasteiger partial charge in [0.15, 0.2) is 5.82 Å². The number of para-hydroxylation sites is 1. The van der Waals surface area contributed by atoms with Crippen LogP contribution in [0.1, 0.15) is 35.2 Å². The monoisotopic (exact) mass is 654 g/mol. The van der Waals surface area contributed by atoms with Gasteiger partial charge in [0.1, 0.15) is 28.8 Å². The fourth-order valence-electron chi connectivity index (χ4n) is 6.84. The molecule has 1 saturated carbocycles. The van der Waals surface area contributed by atoms with Crippen LogP contribution in [0.15, 0.2) is 48.5 Å². The summed E-state index contributed by atoms with van der Waals surface area (Å²) < 4.78 is 35.0. The molecule has 250 valence electrons. The van der Waals surface area contributed by atoms with Gasteiger partial charge >= 0.3 is 5.97 Å². The van der Waals surface area contributed by atoms with Crippen LogP contribution < -0.4 is 15.2 Å². The zero-order valence-corrected chi connectivity index (χ0v) is 27.5. The number of fused-ring (bicyclic) bond motifs is 2. The zero-order chi connectivity index (χ0) is 33.7. The molecule has 2 aliphatic rings. The Hall–Kier alpha value is -4.97. The lowest BCUT2D eigenvalue weighted by Gasteiger charge is -2.33. The molecule has 3 aromatic heterocycles. The number of nitrogens with zero attached hydrogens (tertiary/aromatic N) is 5. The molecule has 0 radical (unpaired) electrons. The maximum absolute atomic E-state index is 14.3. The third kappa shape index (κ3) is 5.74. The van der Waals surface area contributed by atoms with Gasteiger partial charge in [0.25, 0.3) is 5.91 Å². The Bertz CT molecular complexity index is 2040. The largest absolute Gasteiger partial charge is 0.496 e. The molecule has 11 nitrogen and oxygen atoms in total. The number of nitrogens with two attached hydrogens (primary N) is 1. The van der Waals surface area contributed by atoms with Gasteiger partial charge in [0.05, 0.1) is 51.2 Å². The first kappa shape index (κ1) is 31.6. The molecule has 1 amide bonds. The number of carbonyl (C=O) groups excluding carboxylic acids is 2. The van der Waals surface area contributed by atoms with Crippen molar-refractivity contribution in [1.82, 2.24) is 24.0 Å². The van der Waals surface area contributed by atoms with Crippen molar-refractivity contribution in [1.29, 1.82) is 0 Å². The number of aromatic nitrogens is 4. The molecule has 48 heavy (non-hydrogen) atoms. The molecular weight excluding hydrogens is 615 g/mol. The number of amides is 1. The quantitative estimate of drug-likeness (QED) is 0.222. The Morgan fingerprint density at radius 2 is 1.83 bits per heavy atom. The highest BCUT2D eigenvalue weighted by atomic mass is 19.1. The summed E-state index contributed by atoms with van der Waals surface area (Å²) in [7, 11) is 6.45. The van der Waals surface area contributed by atoms with E-state index in [1.54, 1.807) is 26.4 Å². The average Bonchev–Trinajstić information content (AvgIpc) is 3.75. The Balaban J connectivity index is 1.33. The van der Waals surface area contributed by atoms with Crippen molar-refractivity contribution in [2.24, 2.45) is 18.7 Å². The van der Waals surface area contributed by atoms with E-state index in [0.717, 1.165) is 58.5 Å². The van der Waals surface area contributed by atoms with Crippen LogP contribution in [0.4, 0.5) is 4.39 Å². The van der Waals surface area contributed by atoms with E-state index < -0.39 is 12.2 Å². The molecule has 2 fully saturated rings. The second kappa shape index (κ2) is 12.6. The molecule has 2 atom stereocenters. The number of alkyl halides is 1. The van der Waals surface area contributed by atoms with E-state index in [9.17, 15) is 14.0 Å². The van der Waals surface area contributed by atoms with Crippen molar-refractivity contribution in [3.05, 3.63) is 59.7 Å². The number of carbonyl (C=O) groups is 2. The van der Waals surface area contributed by atoms with E-state index in [-0.39, 0.29) is 31.3 Å². The number of hydrogen-bond donors (Lipinski definition) is 1. The maximum Gasteiger partial charge on any atom is 0.310 e. The van der Waals surface area contributed by atoms with Gasteiger partial charge in [-0.05, 0) is 61.6 Å². The van der Waals surface area contributed by atoms with Crippen LogP contribution >= 0.6 is 0 Å². The Labute approximate surface area is 277 Å². The molecule has 12 heteroatoms. The van der Waals surface area contributed by atoms with E-state index in [2.05, 4.69) is 10.6 Å². The van der Waals surface area contributed by atoms with Gasteiger partial charge in [0, 0.05) is 48.3 Å². The first-order valence-corrected chi connectivity index (χ1v) is 16.2. The van der Waals surface area contributed by atoms with E-state index in [4.69, 9.17) is 29.9 Å². The first-order chi connectivity index (χ1) is 23.2. The number of likely N-dealkylation sites (tertiary alicyclic amines) is 1. The number of piperidine rings is 1. The molecule has 0 spiro atoms. The highest BCUT2D eigenvalue weighted by Gasteiger charge is 2.31. The molecule has 2 N–H and O–H groups in total. The first-order valence-electron chi connectivity index (χ1n) is 16.2. The highest BCUT2D eigenvalue weighted by molar-refractivity contribution is 6.00. The number of hydrogen-bond acceptors (Lipinski definition) is 8. The van der Waals surface area contributed by atoms with Crippen LogP contribution in [0.5, 0.6) is 11.5 Å². The van der Waals surface area contributed by atoms with E-state index >= 15 is 0 Å². The topological polar surface area (TPSA) is 127 Å². The smallest absolute Gasteiger partial charge is 0.310 e. The molecule has 1 saturated heterocycles. The average molecular weight is 655 g/mol. The maximum atomic E-state index is 14.3. The highest BCUT2D eigenvalue weighted by Crippen LogP contribution is 2.39. The predicted molar refractivity (Wildman–Crippen MR) is 180 cm³/mol. The molecule has 1 aliphatic carbocycles.